The monoisotopic (exact) mass is 235 g/mol. The van der Waals surface area contributed by atoms with E-state index in [4.69, 9.17) is 0 Å². The van der Waals surface area contributed by atoms with E-state index in [1.165, 1.54) is 0 Å². The SMILES string of the molecule is CCNc1ccnc(CN2CCC(C)(O)C2)c1. The zero-order chi connectivity index (χ0) is 12.3. The van der Waals surface area contributed by atoms with Gasteiger partial charge in [0.1, 0.15) is 0 Å². The van der Waals surface area contributed by atoms with Gasteiger partial charge in [-0.15, -0.1) is 0 Å². The molecule has 1 aromatic rings. The highest BCUT2D eigenvalue weighted by Crippen LogP contribution is 2.22. The van der Waals surface area contributed by atoms with E-state index in [-0.39, 0.29) is 0 Å². The molecule has 1 aliphatic rings. The highest BCUT2D eigenvalue weighted by atomic mass is 16.3. The first kappa shape index (κ1) is 12.3. The molecule has 1 aromatic heterocycles. The van der Waals surface area contributed by atoms with Gasteiger partial charge in [0.15, 0.2) is 0 Å². The molecule has 2 N–H and O–H groups in total. The molecule has 2 heterocycles. The Bertz CT molecular complexity index is 379. The molecule has 1 saturated heterocycles. The van der Waals surface area contributed by atoms with Gasteiger partial charge >= 0.3 is 0 Å². The van der Waals surface area contributed by atoms with Gasteiger partial charge in [0.05, 0.1) is 11.3 Å². The van der Waals surface area contributed by atoms with Gasteiger partial charge < -0.3 is 10.4 Å². The van der Waals surface area contributed by atoms with E-state index >= 15 is 0 Å². The van der Waals surface area contributed by atoms with Crippen molar-refractivity contribution in [3.05, 3.63) is 24.0 Å². The number of likely N-dealkylation sites (tertiary alicyclic amines) is 1. The molecule has 0 aromatic carbocycles. The van der Waals surface area contributed by atoms with Crippen molar-refractivity contribution in [3.8, 4) is 0 Å². The largest absolute Gasteiger partial charge is 0.389 e. The molecule has 0 aliphatic carbocycles. The van der Waals surface area contributed by atoms with Gasteiger partial charge in [0.25, 0.3) is 0 Å². The predicted octanol–water partition coefficient (Wildman–Crippen LogP) is 1.47. The van der Waals surface area contributed by atoms with Gasteiger partial charge in [0, 0.05) is 38.1 Å². The first-order valence-electron chi connectivity index (χ1n) is 6.22. The molecule has 0 spiro atoms. The van der Waals surface area contributed by atoms with Crippen molar-refractivity contribution in [3.63, 3.8) is 0 Å². The second kappa shape index (κ2) is 5.02. The summed E-state index contributed by atoms with van der Waals surface area (Å²) in [6.07, 6.45) is 2.68. The minimum atomic E-state index is -0.528. The predicted molar refractivity (Wildman–Crippen MR) is 68.9 cm³/mol. The lowest BCUT2D eigenvalue weighted by Crippen LogP contribution is -2.29. The summed E-state index contributed by atoms with van der Waals surface area (Å²) in [7, 11) is 0. The quantitative estimate of drug-likeness (QED) is 0.829. The van der Waals surface area contributed by atoms with Gasteiger partial charge in [0.2, 0.25) is 0 Å². The van der Waals surface area contributed by atoms with E-state index < -0.39 is 5.60 Å². The van der Waals surface area contributed by atoms with E-state index in [2.05, 4.69) is 28.2 Å². The van der Waals surface area contributed by atoms with Crippen LogP contribution in [-0.2, 0) is 6.54 Å². The summed E-state index contributed by atoms with van der Waals surface area (Å²) in [5.41, 5.74) is 1.64. The lowest BCUT2D eigenvalue weighted by Gasteiger charge is -2.18. The van der Waals surface area contributed by atoms with Crippen LogP contribution in [0.25, 0.3) is 0 Å². The Morgan fingerprint density at radius 3 is 3.06 bits per heavy atom. The molecule has 1 atom stereocenters. The summed E-state index contributed by atoms with van der Waals surface area (Å²) in [4.78, 5) is 6.62. The maximum Gasteiger partial charge on any atom is 0.0758 e. The highest BCUT2D eigenvalue weighted by molar-refractivity contribution is 5.42. The highest BCUT2D eigenvalue weighted by Gasteiger charge is 2.31. The average molecular weight is 235 g/mol. The zero-order valence-corrected chi connectivity index (χ0v) is 10.6. The number of hydrogen-bond donors (Lipinski definition) is 2. The topological polar surface area (TPSA) is 48.4 Å². The van der Waals surface area contributed by atoms with Crippen molar-refractivity contribution < 1.29 is 5.11 Å². The minimum absolute atomic E-state index is 0.528. The standard InChI is InChI=1S/C13H21N3O/c1-3-14-11-4-6-15-12(8-11)9-16-7-5-13(2,17)10-16/h4,6,8,17H,3,5,7,9-10H2,1-2H3,(H,14,15). The number of anilines is 1. The Balaban J connectivity index is 1.97. The third kappa shape index (κ3) is 3.41. The maximum atomic E-state index is 9.91. The summed E-state index contributed by atoms with van der Waals surface area (Å²) in [6.45, 7) is 7.39. The zero-order valence-electron chi connectivity index (χ0n) is 10.6. The summed E-state index contributed by atoms with van der Waals surface area (Å²) >= 11 is 0. The molecule has 1 fully saturated rings. The lowest BCUT2D eigenvalue weighted by molar-refractivity contribution is 0.0677. The van der Waals surface area contributed by atoms with Crippen LogP contribution >= 0.6 is 0 Å². The molecule has 17 heavy (non-hydrogen) atoms. The first-order valence-corrected chi connectivity index (χ1v) is 6.22. The van der Waals surface area contributed by atoms with E-state index in [1.807, 2.05) is 19.2 Å². The number of nitrogens with zero attached hydrogens (tertiary/aromatic N) is 2. The molecule has 2 rings (SSSR count). The molecule has 0 radical (unpaired) electrons. The molecule has 0 bridgehead atoms. The summed E-state index contributed by atoms with van der Waals surface area (Å²) in [6, 6.07) is 4.06. The Hall–Kier alpha value is -1.13. The van der Waals surface area contributed by atoms with E-state index in [0.29, 0.717) is 0 Å². The minimum Gasteiger partial charge on any atom is -0.389 e. The summed E-state index contributed by atoms with van der Waals surface area (Å²) < 4.78 is 0. The Morgan fingerprint density at radius 2 is 2.41 bits per heavy atom. The molecular formula is C13H21N3O. The van der Waals surface area contributed by atoms with Crippen molar-refractivity contribution >= 4 is 5.69 Å². The number of aromatic nitrogens is 1. The average Bonchev–Trinajstić information content (AvgIpc) is 2.59. The molecule has 4 heteroatoms. The molecule has 4 nitrogen and oxygen atoms in total. The molecule has 0 amide bonds. The molecule has 94 valence electrons. The first-order chi connectivity index (χ1) is 8.09. The van der Waals surface area contributed by atoms with E-state index in [1.54, 1.807) is 0 Å². The molecule has 1 aliphatic heterocycles. The number of nitrogens with one attached hydrogen (secondary N) is 1. The van der Waals surface area contributed by atoms with Crippen molar-refractivity contribution in [1.29, 1.82) is 0 Å². The maximum absolute atomic E-state index is 9.91. The van der Waals surface area contributed by atoms with Crippen LogP contribution in [0.3, 0.4) is 0 Å². The fourth-order valence-corrected chi connectivity index (χ4v) is 2.28. The van der Waals surface area contributed by atoms with Gasteiger partial charge in [-0.1, -0.05) is 0 Å². The normalized spacial score (nSPS) is 25.1. The van der Waals surface area contributed by atoms with Gasteiger partial charge in [-0.05, 0) is 32.4 Å². The van der Waals surface area contributed by atoms with E-state index in [9.17, 15) is 5.11 Å². The van der Waals surface area contributed by atoms with Gasteiger partial charge in [-0.25, -0.2) is 0 Å². The Morgan fingerprint density at radius 1 is 1.59 bits per heavy atom. The van der Waals surface area contributed by atoms with Crippen molar-refractivity contribution in [1.82, 2.24) is 9.88 Å². The Labute approximate surface area is 103 Å². The number of rotatable bonds is 4. The third-order valence-corrected chi connectivity index (χ3v) is 3.11. The van der Waals surface area contributed by atoms with Crippen LogP contribution in [0, 0.1) is 0 Å². The van der Waals surface area contributed by atoms with Crippen LogP contribution in [0.5, 0.6) is 0 Å². The molecule has 0 saturated carbocycles. The number of pyridine rings is 1. The fourth-order valence-electron chi connectivity index (χ4n) is 2.28. The number of hydrogen-bond acceptors (Lipinski definition) is 4. The van der Waals surface area contributed by atoms with Crippen molar-refractivity contribution in [2.24, 2.45) is 0 Å². The van der Waals surface area contributed by atoms with Crippen LogP contribution in [0.4, 0.5) is 5.69 Å². The van der Waals surface area contributed by atoms with Crippen molar-refractivity contribution in [2.75, 3.05) is 25.0 Å². The van der Waals surface area contributed by atoms with Crippen molar-refractivity contribution in [2.45, 2.75) is 32.4 Å². The van der Waals surface area contributed by atoms with Crippen LogP contribution in [0.1, 0.15) is 26.0 Å². The molecular weight excluding hydrogens is 214 g/mol. The number of aliphatic hydroxyl groups is 1. The van der Waals surface area contributed by atoms with Gasteiger partial charge in [-0.2, -0.15) is 0 Å². The van der Waals surface area contributed by atoms with Crippen LogP contribution in [0.2, 0.25) is 0 Å². The van der Waals surface area contributed by atoms with Crippen LogP contribution in [0.15, 0.2) is 18.3 Å². The molecule has 1 unspecified atom stereocenters. The Kier molecular flexibility index (Phi) is 3.64. The lowest BCUT2D eigenvalue weighted by atomic mass is 10.1. The fraction of sp³-hybridized carbons (Fsp3) is 0.615. The van der Waals surface area contributed by atoms with Gasteiger partial charge in [-0.3, -0.25) is 9.88 Å². The van der Waals surface area contributed by atoms with Crippen LogP contribution in [-0.4, -0.2) is 40.2 Å². The second-order valence-corrected chi connectivity index (χ2v) is 5.02. The van der Waals surface area contributed by atoms with Crippen LogP contribution < -0.4 is 5.32 Å². The van der Waals surface area contributed by atoms with E-state index in [0.717, 1.165) is 44.0 Å². The third-order valence-electron chi connectivity index (χ3n) is 3.11. The smallest absolute Gasteiger partial charge is 0.0758 e. The number of β-amino-alcohol motifs (C(OH)–C–C–N with tert-alkyl or cyclic N) is 1. The second-order valence-electron chi connectivity index (χ2n) is 5.02. The summed E-state index contributed by atoms with van der Waals surface area (Å²) in [5, 5.41) is 13.2. The summed E-state index contributed by atoms with van der Waals surface area (Å²) in [5.74, 6) is 0.